The predicted molar refractivity (Wildman–Crippen MR) is 53.8 cm³/mol. The van der Waals surface area contributed by atoms with Gasteiger partial charge < -0.3 is 9.47 Å². The Balaban J connectivity index is 3.03. The monoisotopic (exact) mass is 252 g/mol. The van der Waals surface area contributed by atoms with Gasteiger partial charge in [0, 0.05) is 0 Å². The lowest BCUT2D eigenvalue weighted by Gasteiger charge is -2.14. The standard InChI is InChI=1S/C11H12F4O2/c1-6(2)7-3-4-8(16-10(12)13)9(5-7)17-11(14)15/h3-6,10-11H,1-2H3. The van der Waals surface area contributed by atoms with E-state index in [4.69, 9.17) is 0 Å². The van der Waals surface area contributed by atoms with Crippen LogP contribution in [0.1, 0.15) is 25.3 Å². The zero-order valence-electron chi connectivity index (χ0n) is 9.29. The Labute approximate surface area is 96.1 Å². The van der Waals surface area contributed by atoms with Crippen molar-refractivity contribution in [3.05, 3.63) is 23.8 Å². The summed E-state index contributed by atoms with van der Waals surface area (Å²) in [6, 6.07) is 3.99. The summed E-state index contributed by atoms with van der Waals surface area (Å²) >= 11 is 0. The first-order valence-electron chi connectivity index (χ1n) is 4.93. The summed E-state index contributed by atoms with van der Waals surface area (Å²) in [6.07, 6.45) is 0. The van der Waals surface area contributed by atoms with Crippen LogP contribution in [0.5, 0.6) is 11.5 Å². The molecule has 0 aliphatic carbocycles. The van der Waals surface area contributed by atoms with Crippen molar-refractivity contribution in [2.75, 3.05) is 0 Å². The van der Waals surface area contributed by atoms with Crippen molar-refractivity contribution < 1.29 is 27.0 Å². The number of rotatable bonds is 5. The molecule has 0 aliphatic heterocycles. The zero-order chi connectivity index (χ0) is 13.0. The Hall–Kier alpha value is -1.46. The van der Waals surface area contributed by atoms with Crippen LogP contribution in [0.2, 0.25) is 0 Å². The first-order valence-corrected chi connectivity index (χ1v) is 4.93. The molecule has 0 bridgehead atoms. The second-order valence-corrected chi connectivity index (χ2v) is 3.62. The summed E-state index contributed by atoms with van der Waals surface area (Å²) in [5, 5.41) is 0. The van der Waals surface area contributed by atoms with E-state index in [9.17, 15) is 17.6 Å². The van der Waals surface area contributed by atoms with Crippen molar-refractivity contribution in [3.63, 3.8) is 0 Å². The molecule has 0 saturated carbocycles. The summed E-state index contributed by atoms with van der Waals surface area (Å²) in [5.41, 5.74) is 0.697. The average Bonchev–Trinajstić information content (AvgIpc) is 2.18. The van der Waals surface area contributed by atoms with Gasteiger partial charge in [-0.05, 0) is 23.6 Å². The molecule has 0 aliphatic rings. The summed E-state index contributed by atoms with van der Waals surface area (Å²) in [7, 11) is 0. The van der Waals surface area contributed by atoms with Gasteiger partial charge >= 0.3 is 13.2 Å². The van der Waals surface area contributed by atoms with Crippen molar-refractivity contribution in [3.8, 4) is 11.5 Å². The quantitative estimate of drug-likeness (QED) is 0.737. The van der Waals surface area contributed by atoms with Crippen molar-refractivity contribution in [2.45, 2.75) is 33.0 Å². The van der Waals surface area contributed by atoms with Crippen LogP contribution in [0.25, 0.3) is 0 Å². The Morgan fingerprint density at radius 1 is 0.882 bits per heavy atom. The van der Waals surface area contributed by atoms with Crippen LogP contribution in [0, 0.1) is 0 Å². The molecule has 96 valence electrons. The first-order chi connectivity index (χ1) is 7.90. The molecule has 0 fully saturated rings. The molecule has 0 radical (unpaired) electrons. The molecule has 0 aromatic heterocycles. The third kappa shape index (κ3) is 4.13. The average molecular weight is 252 g/mol. The van der Waals surface area contributed by atoms with Crippen LogP contribution in [-0.2, 0) is 0 Å². The van der Waals surface area contributed by atoms with Gasteiger partial charge in [-0.25, -0.2) is 0 Å². The second kappa shape index (κ2) is 5.75. The van der Waals surface area contributed by atoms with E-state index in [1.165, 1.54) is 18.2 Å². The minimum Gasteiger partial charge on any atom is -0.431 e. The molecule has 1 rings (SSSR count). The smallest absolute Gasteiger partial charge is 0.387 e. The van der Waals surface area contributed by atoms with Crippen molar-refractivity contribution in [2.24, 2.45) is 0 Å². The molecule has 1 aromatic carbocycles. The predicted octanol–water partition coefficient (Wildman–Crippen LogP) is 4.01. The maximum Gasteiger partial charge on any atom is 0.387 e. The van der Waals surface area contributed by atoms with Gasteiger partial charge in [0.2, 0.25) is 0 Å². The maximum atomic E-state index is 12.1. The van der Waals surface area contributed by atoms with E-state index in [0.717, 1.165) is 0 Å². The van der Waals surface area contributed by atoms with E-state index in [2.05, 4.69) is 9.47 Å². The normalized spacial score (nSPS) is 11.4. The largest absolute Gasteiger partial charge is 0.431 e. The van der Waals surface area contributed by atoms with Crippen LogP contribution in [-0.4, -0.2) is 13.2 Å². The molecular formula is C11H12F4O2. The lowest BCUT2D eigenvalue weighted by Crippen LogP contribution is -2.08. The fourth-order valence-electron chi connectivity index (χ4n) is 1.27. The summed E-state index contributed by atoms with van der Waals surface area (Å²) in [6.45, 7) is -2.48. The number of hydrogen-bond donors (Lipinski definition) is 0. The number of hydrogen-bond acceptors (Lipinski definition) is 2. The third-order valence-electron chi connectivity index (χ3n) is 2.07. The number of alkyl halides is 4. The summed E-state index contributed by atoms with van der Waals surface area (Å²) < 4.78 is 56.5. The maximum absolute atomic E-state index is 12.1. The Morgan fingerprint density at radius 2 is 1.41 bits per heavy atom. The van der Waals surface area contributed by atoms with Crippen LogP contribution >= 0.6 is 0 Å². The lowest BCUT2D eigenvalue weighted by molar-refractivity contribution is -0.0692. The molecule has 0 heterocycles. The fraction of sp³-hybridized carbons (Fsp3) is 0.455. The van der Waals surface area contributed by atoms with Crippen LogP contribution in [0.15, 0.2) is 18.2 Å². The molecule has 0 spiro atoms. The molecular weight excluding hydrogens is 240 g/mol. The Bertz CT molecular complexity index is 366. The fourth-order valence-corrected chi connectivity index (χ4v) is 1.27. The van der Waals surface area contributed by atoms with Crippen LogP contribution in [0.3, 0.4) is 0 Å². The lowest BCUT2D eigenvalue weighted by atomic mass is 10.0. The van der Waals surface area contributed by atoms with Gasteiger partial charge in [-0.2, -0.15) is 17.6 Å². The van der Waals surface area contributed by atoms with Gasteiger partial charge in [-0.3, -0.25) is 0 Å². The van der Waals surface area contributed by atoms with Gasteiger partial charge in [0.15, 0.2) is 11.5 Å². The van der Waals surface area contributed by atoms with Crippen molar-refractivity contribution in [1.82, 2.24) is 0 Å². The highest BCUT2D eigenvalue weighted by Gasteiger charge is 2.15. The molecule has 1 aromatic rings. The van der Waals surface area contributed by atoms with Gasteiger partial charge in [-0.15, -0.1) is 0 Å². The van der Waals surface area contributed by atoms with Crippen LogP contribution < -0.4 is 9.47 Å². The van der Waals surface area contributed by atoms with Gasteiger partial charge in [0.1, 0.15) is 0 Å². The minimum absolute atomic E-state index is 0.0654. The van der Waals surface area contributed by atoms with E-state index in [1.807, 2.05) is 13.8 Å². The van der Waals surface area contributed by atoms with Gasteiger partial charge in [-0.1, -0.05) is 19.9 Å². The number of ether oxygens (including phenoxy) is 2. The minimum atomic E-state index is -3.09. The Morgan fingerprint density at radius 3 is 1.88 bits per heavy atom. The number of benzene rings is 1. The molecule has 6 heteroatoms. The topological polar surface area (TPSA) is 18.5 Å². The number of halogens is 4. The molecule has 0 saturated heterocycles. The van der Waals surface area contributed by atoms with Crippen molar-refractivity contribution in [1.29, 1.82) is 0 Å². The van der Waals surface area contributed by atoms with Gasteiger partial charge in [0.25, 0.3) is 0 Å². The molecule has 0 N–H and O–H groups in total. The second-order valence-electron chi connectivity index (χ2n) is 3.62. The van der Waals surface area contributed by atoms with E-state index in [1.54, 1.807) is 0 Å². The molecule has 0 unspecified atom stereocenters. The summed E-state index contributed by atoms with van der Waals surface area (Å²) in [4.78, 5) is 0. The van der Waals surface area contributed by atoms with E-state index in [-0.39, 0.29) is 11.7 Å². The SMILES string of the molecule is CC(C)c1ccc(OC(F)F)c(OC(F)F)c1. The van der Waals surface area contributed by atoms with E-state index < -0.39 is 19.0 Å². The highest BCUT2D eigenvalue weighted by atomic mass is 19.3. The molecule has 0 amide bonds. The third-order valence-corrected chi connectivity index (χ3v) is 2.07. The van der Waals surface area contributed by atoms with E-state index in [0.29, 0.717) is 5.56 Å². The van der Waals surface area contributed by atoms with Crippen LogP contribution in [0.4, 0.5) is 17.6 Å². The molecule has 0 atom stereocenters. The van der Waals surface area contributed by atoms with Gasteiger partial charge in [0.05, 0.1) is 0 Å². The summed E-state index contributed by atoms with van der Waals surface area (Å²) in [5.74, 6) is -0.716. The zero-order valence-corrected chi connectivity index (χ0v) is 9.29. The Kier molecular flexibility index (Phi) is 4.60. The molecule has 2 nitrogen and oxygen atoms in total. The van der Waals surface area contributed by atoms with E-state index >= 15 is 0 Å². The van der Waals surface area contributed by atoms with Crippen molar-refractivity contribution >= 4 is 0 Å². The highest BCUT2D eigenvalue weighted by molar-refractivity contribution is 5.43. The molecule has 17 heavy (non-hydrogen) atoms. The highest BCUT2D eigenvalue weighted by Crippen LogP contribution is 2.33. The first kappa shape index (κ1) is 13.6.